The predicted octanol–water partition coefficient (Wildman–Crippen LogP) is 5.54. The van der Waals surface area contributed by atoms with E-state index in [-0.39, 0.29) is 29.2 Å². The van der Waals surface area contributed by atoms with Gasteiger partial charge in [-0.1, -0.05) is 24.2 Å². The summed E-state index contributed by atoms with van der Waals surface area (Å²) < 4.78 is 73.5. The number of likely N-dealkylation sites (tertiary alicyclic amines) is 1. The van der Waals surface area contributed by atoms with E-state index in [1.54, 1.807) is 4.90 Å². The fourth-order valence-corrected chi connectivity index (χ4v) is 3.80. The van der Waals surface area contributed by atoms with Crippen LogP contribution in [0.15, 0.2) is 42.7 Å². The number of benzene rings is 2. The number of halogens is 6. The molecule has 0 bridgehead atoms. The van der Waals surface area contributed by atoms with Gasteiger partial charge in [0.2, 0.25) is 0 Å². The number of aliphatic hydroxyl groups is 1. The second-order valence-electron chi connectivity index (χ2n) is 7.92. The van der Waals surface area contributed by atoms with Crippen molar-refractivity contribution in [2.75, 3.05) is 23.8 Å². The Morgan fingerprint density at radius 2 is 2.00 bits per heavy atom. The highest BCUT2D eigenvalue weighted by molar-refractivity contribution is 6.34. The first kappa shape index (κ1) is 26.6. The lowest BCUT2D eigenvalue weighted by Crippen LogP contribution is -2.34. The van der Waals surface area contributed by atoms with Crippen LogP contribution in [0.25, 0.3) is 0 Å². The van der Waals surface area contributed by atoms with Gasteiger partial charge in [-0.05, 0) is 38.0 Å². The number of aliphatic hydroxyl groups excluding tert-OH is 1. The van der Waals surface area contributed by atoms with Crippen molar-refractivity contribution >= 4 is 28.9 Å². The Kier molecular flexibility index (Phi) is 8.11. The number of carbonyl (C=O) groups is 1. The fourth-order valence-electron chi connectivity index (χ4n) is 3.59. The third kappa shape index (κ3) is 6.15. The molecule has 2 aromatic carbocycles. The maximum absolute atomic E-state index is 15.0. The van der Waals surface area contributed by atoms with Crippen LogP contribution in [-0.4, -0.2) is 47.4 Å². The first-order valence-electron chi connectivity index (χ1n) is 10.6. The molecule has 0 unspecified atom stereocenters. The summed E-state index contributed by atoms with van der Waals surface area (Å²) in [5.74, 6) is -3.41. The molecule has 1 fully saturated rings. The molecule has 1 aliphatic rings. The maximum Gasteiger partial charge on any atom is 0.425 e. The van der Waals surface area contributed by atoms with E-state index in [9.17, 15) is 31.9 Å². The van der Waals surface area contributed by atoms with Gasteiger partial charge in [0.05, 0.1) is 40.4 Å². The predicted molar refractivity (Wildman–Crippen MR) is 121 cm³/mol. The van der Waals surface area contributed by atoms with Crippen molar-refractivity contribution in [2.45, 2.75) is 38.1 Å². The van der Waals surface area contributed by atoms with E-state index < -0.39 is 46.8 Å². The van der Waals surface area contributed by atoms with E-state index in [2.05, 4.69) is 17.2 Å². The summed E-state index contributed by atoms with van der Waals surface area (Å²) in [6, 6.07) is 4.93. The minimum Gasteiger partial charge on any atom is -0.480 e. The van der Waals surface area contributed by atoms with E-state index >= 15 is 0 Å². The molecule has 2 aromatic rings. The van der Waals surface area contributed by atoms with Gasteiger partial charge in [0, 0.05) is 12.6 Å². The first-order valence-corrected chi connectivity index (χ1v) is 11.0. The van der Waals surface area contributed by atoms with Crippen LogP contribution in [0, 0.1) is 11.6 Å². The molecule has 3 rings (SSSR count). The number of anilines is 2. The molecule has 0 aliphatic carbocycles. The second kappa shape index (κ2) is 10.7. The van der Waals surface area contributed by atoms with Crippen LogP contribution < -0.4 is 15.4 Å². The van der Waals surface area contributed by atoms with E-state index in [4.69, 9.17) is 16.3 Å². The summed E-state index contributed by atoms with van der Waals surface area (Å²) in [4.78, 5) is 14.5. The standard InChI is InChI=1S/C23H23ClF5N3O3/c1-12(23(27,28)29)35-20-10-19(30-13(2)32-8-4-5-14(32)11-33)18(26)9-15(20)22(34)31-21-16(24)6-3-7-17(21)25/h3,6-7,9-10,12,14,30,33H,2,4-5,8,11H2,1H3,(H,31,34)/t12-,14-/m0/s1. The van der Waals surface area contributed by atoms with Crippen LogP contribution in [0.3, 0.4) is 0 Å². The molecule has 1 aliphatic heterocycles. The lowest BCUT2D eigenvalue weighted by Gasteiger charge is -2.28. The zero-order valence-corrected chi connectivity index (χ0v) is 19.3. The third-order valence-electron chi connectivity index (χ3n) is 5.49. The monoisotopic (exact) mass is 519 g/mol. The van der Waals surface area contributed by atoms with E-state index in [1.807, 2.05) is 0 Å². The third-order valence-corrected chi connectivity index (χ3v) is 5.81. The molecular formula is C23H23ClF5N3O3. The second-order valence-corrected chi connectivity index (χ2v) is 8.33. The van der Waals surface area contributed by atoms with Gasteiger partial charge in [-0.3, -0.25) is 4.79 Å². The molecule has 35 heavy (non-hydrogen) atoms. The normalized spacial score (nSPS) is 16.7. The Labute approximate surface area is 203 Å². The van der Waals surface area contributed by atoms with Crippen molar-refractivity contribution in [3.8, 4) is 5.75 Å². The molecule has 190 valence electrons. The molecule has 3 N–H and O–H groups in total. The quantitative estimate of drug-likeness (QED) is 0.399. The van der Waals surface area contributed by atoms with Crippen molar-refractivity contribution < 1.29 is 36.6 Å². The molecule has 0 radical (unpaired) electrons. The number of ether oxygens (including phenoxy) is 1. The molecule has 0 spiro atoms. The van der Waals surface area contributed by atoms with Gasteiger partial charge in [-0.25, -0.2) is 8.78 Å². The zero-order chi connectivity index (χ0) is 25.9. The van der Waals surface area contributed by atoms with Gasteiger partial charge in [-0.15, -0.1) is 0 Å². The van der Waals surface area contributed by atoms with E-state index in [1.165, 1.54) is 12.1 Å². The Bertz CT molecular complexity index is 1090. The van der Waals surface area contributed by atoms with Crippen molar-refractivity contribution in [1.82, 2.24) is 4.90 Å². The van der Waals surface area contributed by atoms with Gasteiger partial charge in [0.1, 0.15) is 17.4 Å². The smallest absolute Gasteiger partial charge is 0.425 e. The minimum absolute atomic E-state index is 0.154. The highest BCUT2D eigenvalue weighted by Gasteiger charge is 2.39. The number of hydrogen-bond acceptors (Lipinski definition) is 5. The molecule has 0 saturated carbocycles. The first-order chi connectivity index (χ1) is 16.4. The van der Waals surface area contributed by atoms with Crippen LogP contribution in [0.5, 0.6) is 5.75 Å². The minimum atomic E-state index is -4.78. The molecule has 1 heterocycles. The number of hydrogen-bond donors (Lipinski definition) is 3. The number of nitrogens with zero attached hydrogens (tertiary/aromatic N) is 1. The summed E-state index contributed by atoms with van der Waals surface area (Å²) in [7, 11) is 0. The topological polar surface area (TPSA) is 73.8 Å². The lowest BCUT2D eigenvalue weighted by molar-refractivity contribution is -0.189. The molecule has 1 amide bonds. The summed E-state index contributed by atoms with van der Waals surface area (Å²) in [6.45, 7) is 4.92. The Morgan fingerprint density at radius 3 is 2.63 bits per heavy atom. The fraction of sp³-hybridized carbons (Fsp3) is 0.348. The molecule has 1 saturated heterocycles. The summed E-state index contributed by atoms with van der Waals surface area (Å²) in [5, 5.41) is 14.1. The highest BCUT2D eigenvalue weighted by atomic mass is 35.5. The Hall–Kier alpha value is -3.05. The SMILES string of the molecule is C=C(Nc1cc(O[C@@H](C)C(F)(F)F)c(C(=O)Nc2c(F)cccc2Cl)cc1F)N1CCC[C@H]1CO. The Morgan fingerprint density at radius 1 is 1.29 bits per heavy atom. The van der Waals surface area contributed by atoms with Crippen LogP contribution in [0.4, 0.5) is 33.3 Å². The van der Waals surface area contributed by atoms with E-state index in [0.29, 0.717) is 19.0 Å². The molecule has 6 nitrogen and oxygen atoms in total. The number of nitrogens with one attached hydrogen (secondary N) is 2. The van der Waals surface area contributed by atoms with Crippen molar-refractivity contribution in [1.29, 1.82) is 0 Å². The summed E-state index contributed by atoms with van der Waals surface area (Å²) in [5.41, 5.74) is -1.33. The maximum atomic E-state index is 15.0. The molecular weight excluding hydrogens is 497 g/mol. The van der Waals surface area contributed by atoms with Crippen LogP contribution in [-0.2, 0) is 0 Å². The van der Waals surface area contributed by atoms with Gasteiger partial charge in [0.25, 0.3) is 5.91 Å². The lowest BCUT2D eigenvalue weighted by atomic mass is 10.1. The average molecular weight is 520 g/mol. The number of rotatable bonds is 8. The molecule has 0 aromatic heterocycles. The largest absolute Gasteiger partial charge is 0.480 e. The van der Waals surface area contributed by atoms with Gasteiger partial charge in [-0.2, -0.15) is 13.2 Å². The van der Waals surface area contributed by atoms with Gasteiger partial charge in [0.15, 0.2) is 6.10 Å². The Balaban J connectivity index is 1.95. The van der Waals surface area contributed by atoms with Gasteiger partial charge < -0.3 is 25.4 Å². The van der Waals surface area contributed by atoms with Gasteiger partial charge >= 0.3 is 6.18 Å². The van der Waals surface area contributed by atoms with Crippen LogP contribution >= 0.6 is 11.6 Å². The molecule has 2 atom stereocenters. The van der Waals surface area contributed by atoms with Crippen LogP contribution in [0.2, 0.25) is 5.02 Å². The number of para-hydroxylation sites is 1. The summed E-state index contributed by atoms with van der Waals surface area (Å²) >= 11 is 5.89. The zero-order valence-electron chi connectivity index (χ0n) is 18.6. The average Bonchev–Trinajstić information content (AvgIpc) is 3.26. The number of amides is 1. The van der Waals surface area contributed by atoms with Crippen molar-refractivity contribution in [3.63, 3.8) is 0 Å². The van der Waals surface area contributed by atoms with Crippen LogP contribution in [0.1, 0.15) is 30.1 Å². The van der Waals surface area contributed by atoms with Crippen molar-refractivity contribution in [2.24, 2.45) is 0 Å². The van der Waals surface area contributed by atoms with Crippen molar-refractivity contribution in [3.05, 3.63) is 65.0 Å². The summed E-state index contributed by atoms with van der Waals surface area (Å²) in [6.07, 6.45) is -5.67. The highest BCUT2D eigenvalue weighted by Crippen LogP contribution is 2.34. The number of alkyl halides is 3. The molecule has 12 heteroatoms. The number of carbonyl (C=O) groups excluding carboxylic acids is 1. The van der Waals surface area contributed by atoms with E-state index in [0.717, 1.165) is 25.5 Å².